The van der Waals surface area contributed by atoms with E-state index in [1.165, 1.54) is 0 Å². The van der Waals surface area contributed by atoms with Crippen LogP contribution in [0.15, 0.2) is 39.8 Å². The highest BCUT2D eigenvalue weighted by atomic mass is 16.5. The molecule has 6 heteroatoms. The van der Waals surface area contributed by atoms with Gasteiger partial charge in [0.1, 0.15) is 17.1 Å². The first-order valence-corrected chi connectivity index (χ1v) is 8.27. The van der Waals surface area contributed by atoms with Crippen molar-refractivity contribution in [3.8, 4) is 0 Å². The molecule has 124 valence electrons. The van der Waals surface area contributed by atoms with Gasteiger partial charge in [0.25, 0.3) is 5.56 Å². The molecule has 0 amide bonds. The minimum absolute atomic E-state index is 0.0354. The zero-order valence-electron chi connectivity index (χ0n) is 13.9. The van der Waals surface area contributed by atoms with E-state index in [1.54, 1.807) is 16.7 Å². The first-order valence-electron chi connectivity index (χ1n) is 8.27. The summed E-state index contributed by atoms with van der Waals surface area (Å²) in [7, 11) is 0. The van der Waals surface area contributed by atoms with Crippen LogP contribution in [0.5, 0.6) is 0 Å². The lowest BCUT2D eigenvalue weighted by molar-refractivity contribution is 0.234. The fourth-order valence-corrected chi connectivity index (χ4v) is 3.49. The number of aryl methyl sites for hydroxylation is 2. The van der Waals surface area contributed by atoms with Crippen LogP contribution >= 0.6 is 0 Å². The predicted molar refractivity (Wildman–Crippen MR) is 89.8 cm³/mol. The number of nitrogens with zero attached hydrogens (tertiary/aromatic N) is 4. The highest BCUT2D eigenvalue weighted by molar-refractivity contribution is 5.46. The molecule has 0 aromatic carbocycles. The van der Waals surface area contributed by atoms with Crippen molar-refractivity contribution < 1.29 is 4.52 Å². The summed E-state index contributed by atoms with van der Waals surface area (Å²) in [5.41, 5.74) is 3.47. The van der Waals surface area contributed by atoms with Crippen molar-refractivity contribution in [3.05, 3.63) is 63.5 Å². The van der Waals surface area contributed by atoms with Crippen LogP contribution in [0, 0.1) is 13.8 Å². The smallest absolute Gasteiger partial charge is 0.258 e. The predicted octanol–water partition coefficient (Wildman–Crippen LogP) is 2.64. The zero-order chi connectivity index (χ0) is 16.7. The zero-order valence-corrected chi connectivity index (χ0v) is 13.9. The number of aromatic nitrogens is 3. The molecule has 3 aromatic rings. The molecule has 0 N–H and O–H groups in total. The second kappa shape index (κ2) is 5.87. The topological polar surface area (TPSA) is 63.6 Å². The number of rotatable bonds is 3. The van der Waals surface area contributed by atoms with E-state index in [0.717, 1.165) is 47.7 Å². The van der Waals surface area contributed by atoms with Crippen molar-refractivity contribution in [2.45, 2.75) is 39.3 Å². The normalized spacial score (nSPS) is 18.5. The summed E-state index contributed by atoms with van der Waals surface area (Å²) < 4.78 is 6.82. The molecule has 1 fully saturated rings. The lowest BCUT2D eigenvalue weighted by atomic mass is 10.1. The van der Waals surface area contributed by atoms with Gasteiger partial charge in [-0.25, -0.2) is 4.98 Å². The van der Waals surface area contributed by atoms with Gasteiger partial charge in [-0.05, 0) is 44.9 Å². The Morgan fingerprint density at radius 1 is 1.33 bits per heavy atom. The van der Waals surface area contributed by atoms with E-state index in [1.807, 2.05) is 32.0 Å². The third-order valence-electron chi connectivity index (χ3n) is 4.66. The standard InChI is InChI=1S/C18H20N4O2/c1-12-5-3-8-22-17(23)10-14(19-18(12)22)11-21-7-4-6-16(21)15-9-13(2)24-20-15/h3,5,8-10,16H,4,6-7,11H2,1-2H3/t16-/m1/s1. The van der Waals surface area contributed by atoms with Crippen LogP contribution in [0.2, 0.25) is 0 Å². The molecule has 4 heterocycles. The number of hydrogen-bond donors (Lipinski definition) is 0. The van der Waals surface area contributed by atoms with Gasteiger partial charge in [0.2, 0.25) is 0 Å². The lowest BCUT2D eigenvalue weighted by Crippen LogP contribution is -2.25. The summed E-state index contributed by atoms with van der Waals surface area (Å²) in [6.07, 6.45) is 3.93. The van der Waals surface area contributed by atoms with Gasteiger partial charge in [-0.3, -0.25) is 14.1 Å². The maximum Gasteiger partial charge on any atom is 0.258 e. The molecule has 0 bridgehead atoms. The summed E-state index contributed by atoms with van der Waals surface area (Å²) in [5, 5.41) is 4.17. The van der Waals surface area contributed by atoms with E-state index in [9.17, 15) is 4.79 Å². The van der Waals surface area contributed by atoms with Gasteiger partial charge in [0.05, 0.1) is 11.7 Å². The van der Waals surface area contributed by atoms with Crippen molar-refractivity contribution in [2.24, 2.45) is 0 Å². The molecule has 1 aliphatic heterocycles. The van der Waals surface area contributed by atoms with E-state index in [-0.39, 0.29) is 11.6 Å². The summed E-state index contributed by atoms with van der Waals surface area (Å²) in [6, 6.07) is 7.71. The molecule has 0 saturated carbocycles. The maximum absolute atomic E-state index is 12.4. The maximum atomic E-state index is 12.4. The van der Waals surface area contributed by atoms with Gasteiger partial charge in [-0.15, -0.1) is 0 Å². The van der Waals surface area contributed by atoms with Crippen molar-refractivity contribution in [3.63, 3.8) is 0 Å². The summed E-state index contributed by atoms with van der Waals surface area (Å²) >= 11 is 0. The van der Waals surface area contributed by atoms with Crippen LogP contribution < -0.4 is 5.56 Å². The SMILES string of the molecule is Cc1cc([C@H]2CCCN2Cc2cc(=O)n3cccc(C)c3n2)no1. The number of hydrogen-bond acceptors (Lipinski definition) is 5. The van der Waals surface area contributed by atoms with Gasteiger partial charge < -0.3 is 4.52 Å². The fraction of sp³-hybridized carbons (Fsp3) is 0.389. The van der Waals surface area contributed by atoms with Gasteiger partial charge in [0, 0.05) is 24.9 Å². The van der Waals surface area contributed by atoms with Crippen LogP contribution in [0.4, 0.5) is 0 Å². The van der Waals surface area contributed by atoms with Crippen LogP contribution in [0.25, 0.3) is 5.65 Å². The van der Waals surface area contributed by atoms with Gasteiger partial charge in [-0.2, -0.15) is 0 Å². The first kappa shape index (κ1) is 15.1. The van der Waals surface area contributed by atoms with Crippen LogP contribution in [0.3, 0.4) is 0 Å². The van der Waals surface area contributed by atoms with Crippen molar-refractivity contribution in [1.29, 1.82) is 0 Å². The van der Waals surface area contributed by atoms with Crippen molar-refractivity contribution in [1.82, 2.24) is 19.4 Å². The minimum atomic E-state index is -0.0354. The molecule has 0 aliphatic carbocycles. The number of likely N-dealkylation sites (tertiary alicyclic amines) is 1. The third kappa shape index (κ3) is 2.63. The van der Waals surface area contributed by atoms with Gasteiger partial charge in [-0.1, -0.05) is 11.2 Å². The number of fused-ring (bicyclic) bond motifs is 1. The Kier molecular flexibility index (Phi) is 3.69. The quantitative estimate of drug-likeness (QED) is 0.741. The van der Waals surface area contributed by atoms with Crippen LogP contribution in [-0.4, -0.2) is 26.0 Å². The average molecular weight is 324 g/mol. The molecule has 3 aromatic heterocycles. The number of pyridine rings is 1. The Bertz CT molecular complexity index is 944. The van der Waals surface area contributed by atoms with E-state index >= 15 is 0 Å². The second-order valence-corrected chi connectivity index (χ2v) is 6.46. The molecule has 1 aliphatic rings. The van der Waals surface area contributed by atoms with Gasteiger partial charge >= 0.3 is 0 Å². The van der Waals surface area contributed by atoms with Crippen LogP contribution in [0.1, 0.15) is 41.6 Å². The fourth-order valence-electron chi connectivity index (χ4n) is 3.49. The Morgan fingerprint density at radius 3 is 3.00 bits per heavy atom. The lowest BCUT2D eigenvalue weighted by Gasteiger charge is -2.22. The Hall–Kier alpha value is -2.47. The largest absolute Gasteiger partial charge is 0.361 e. The third-order valence-corrected chi connectivity index (χ3v) is 4.66. The molecule has 0 radical (unpaired) electrons. The molecule has 0 unspecified atom stereocenters. The average Bonchev–Trinajstić information content (AvgIpc) is 3.17. The molecule has 0 spiro atoms. The summed E-state index contributed by atoms with van der Waals surface area (Å²) in [4.78, 5) is 19.4. The van der Waals surface area contributed by atoms with E-state index in [0.29, 0.717) is 6.54 Å². The molecule has 24 heavy (non-hydrogen) atoms. The molecule has 1 atom stereocenters. The highest BCUT2D eigenvalue weighted by Crippen LogP contribution is 2.32. The molecular weight excluding hydrogens is 304 g/mol. The monoisotopic (exact) mass is 324 g/mol. The highest BCUT2D eigenvalue weighted by Gasteiger charge is 2.28. The van der Waals surface area contributed by atoms with Gasteiger partial charge in [0.15, 0.2) is 0 Å². The van der Waals surface area contributed by atoms with E-state index in [2.05, 4.69) is 10.1 Å². The van der Waals surface area contributed by atoms with E-state index in [4.69, 9.17) is 9.51 Å². The molecular formula is C18H20N4O2. The first-order chi connectivity index (χ1) is 11.6. The Balaban J connectivity index is 1.66. The summed E-state index contributed by atoms with van der Waals surface area (Å²) in [5.74, 6) is 0.828. The molecule has 4 rings (SSSR count). The molecule has 1 saturated heterocycles. The van der Waals surface area contributed by atoms with Crippen molar-refractivity contribution in [2.75, 3.05) is 6.54 Å². The summed E-state index contributed by atoms with van der Waals surface area (Å²) in [6.45, 7) is 5.51. The van der Waals surface area contributed by atoms with E-state index < -0.39 is 0 Å². The second-order valence-electron chi connectivity index (χ2n) is 6.46. The molecule has 6 nitrogen and oxygen atoms in total. The van der Waals surface area contributed by atoms with Crippen LogP contribution in [-0.2, 0) is 6.54 Å². The Labute approximate surface area is 139 Å². The Morgan fingerprint density at radius 2 is 2.21 bits per heavy atom. The minimum Gasteiger partial charge on any atom is -0.361 e. The van der Waals surface area contributed by atoms with Crippen molar-refractivity contribution >= 4 is 5.65 Å².